The molecule has 9 heterocycles. The molecule has 5 unspecified atom stereocenters. The second-order valence-electron chi connectivity index (χ2n) is 20.0. The fraction of sp³-hybridized carbons (Fsp3) is 0.617. The van der Waals surface area contributed by atoms with E-state index in [1.165, 1.54) is 28.0 Å². The van der Waals surface area contributed by atoms with E-state index < -0.39 is 28.8 Å². The van der Waals surface area contributed by atoms with Crippen molar-refractivity contribution >= 4 is 62.2 Å². The highest BCUT2D eigenvalue weighted by Crippen LogP contribution is 2.56. The summed E-state index contributed by atoms with van der Waals surface area (Å²) in [5.74, 6) is 0.796. The van der Waals surface area contributed by atoms with Crippen LogP contribution in [0.4, 0.5) is 17.6 Å². The van der Waals surface area contributed by atoms with Crippen LogP contribution in [-0.4, -0.2) is 178 Å². The van der Waals surface area contributed by atoms with Crippen molar-refractivity contribution in [1.29, 1.82) is 0 Å². The van der Waals surface area contributed by atoms with Gasteiger partial charge >= 0.3 is 11.4 Å². The lowest BCUT2D eigenvalue weighted by Crippen LogP contribution is -2.41. The van der Waals surface area contributed by atoms with Gasteiger partial charge in [0.2, 0.25) is 20.7 Å². The first-order chi connectivity index (χ1) is 37.8. The number of nitrogen functional groups attached to an aromatic ring is 3. The van der Waals surface area contributed by atoms with Gasteiger partial charge in [-0.15, -0.1) is 0 Å². The van der Waals surface area contributed by atoms with Crippen LogP contribution in [0.3, 0.4) is 0 Å². The molecule has 80 heavy (non-hydrogen) atoms. The molecule has 0 amide bonds. The van der Waals surface area contributed by atoms with Gasteiger partial charge in [0, 0.05) is 90.5 Å². The summed E-state index contributed by atoms with van der Waals surface area (Å²) in [5, 5.41) is 3.12. The van der Waals surface area contributed by atoms with Crippen molar-refractivity contribution in [3.8, 4) is 0 Å². The number of imidazole rings is 2. The summed E-state index contributed by atoms with van der Waals surface area (Å²) in [6.45, 7) is 11.3. The molecule has 11 atom stereocenters. The van der Waals surface area contributed by atoms with Crippen molar-refractivity contribution in [2.75, 3.05) is 90.8 Å². The molecule has 444 valence electrons. The molecule has 33 heteroatoms. The van der Waals surface area contributed by atoms with Gasteiger partial charge in [-0.05, 0) is 66.6 Å². The monoisotopic (exact) mass is 1180 g/mol. The molecule has 0 radical (unpaired) electrons. The predicted molar refractivity (Wildman–Crippen MR) is 305 cm³/mol. The number of hydrogen-bond acceptors (Lipinski definition) is 23. The lowest BCUT2D eigenvalue weighted by Gasteiger charge is -2.39. The maximum Gasteiger partial charge on any atom is 0.349 e. The zero-order valence-corrected chi connectivity index (χ0v) is 49.9. The smallest absolute Gasteiger partial charge is 0.349 e. The predicted octanol–water partition coefficient (Wildman–Crippen LogP) is 2.03. The Morgan fingerprint density at radius 3 is 1.82 bits per heavy atom. The molecule has 3 aliphatic heterocycles. The Labute approximate surface area is 463 Å². The van der Waals surface area contributed by atoms with E-state index in [4.69, 9.17) is 46.4 Å². The van der Waals surface area contributed by atoms with Crippen molar-refractivity contribution in [2.45, 2.75) is 88.3 Å². The third kappa shape index (κ3) is 18.9. The first kappa shape index (κ1) is 63.4. The maximum atomic E-state index is 13.7. The van der Waals surface area contributed by atoms with Gasteiger partial charge in [-0.25, -0.2) is 34.2 Å². The highest BCUT2D eigenvalue weighted by atomic mass is 31.2. The van der Waals surface area contributed by atoms with Crippen LogP contribution in [0.1, 0.15) is 46.5 Å². The second-order valence-corrected chi connectivity index (χ2v) is 28.3. The number of anilines is 3. The number of nitrogens with zero attached hydrogens (tertiary/aromatic N) is 11. The Morgan fingerprint density at radius 1 is 0.725 bits per heavy atom. The molecule has 6 aromatic heterocycles. The van der Waals surface area contributed by atoms with E-state index in [-0.39, 0.29) is 95.9 Å². The van der Waals surface area contributed by atoms with Crippen LogP contribution >= 0.6 is 22.3 Å². The lowest BCUT2D eigenvalue weighted by atomic mass is 10.0. The molecule has 9 rings (SSSR count). The highest BCUT2D eigenvalue weighted by Gasteiger charge is 2.42. The van der Waals surface area contributed by atoms with Crippen LogP contribution in [0.2, 0.25) is 0 Å². The first-order valence-corrected chi connectivity index (χ1v) is 31.7. The van der Waals surface area contributed by atoms with E-state index in [0.717, 1.165) is 5.65 Å². The van der Waals surface area contributed by atoms with Crippen molar-refractivity contribution in [1.82, 2.24) is 68.1 Å². The van der Waals surface area contributed by atoms with E-state index in [9.17, 15) is 32.9 Å². The zero-order valence-electron chi connectivity index (χ0n) is 48.2. The number of aromatic amines is 2. The zero-order chi connectivity index (χ0) is 60.1. The molecule has 6 aromatic rings. The fourth-order valence-electron chi connectivity index (χ4n) is 8.24. The van der Waals surface area contributed by atoms with Crippen molar-refractivity contribution in [3.63, 3.8) is 0 Å². The summed E-state index contributed by atoms with van der Waals surface area (Å²) in [6, 6.07) is 1.57. The van der Waals surface area contributed by atoms with Gasteiger partial charge in [-0.1, -0.05) is 0 Å². The van der Waals surface area contributed by atoms with E-state index in [1.54, 1.807) is 94.6 Å². The van der Waals surface area contributed by atoms with Crippen LogP contribution in [0.5, 0.6) is 0 Å². The summed E-state index contributed by atoms with van der Waals surface area (Å²) in [6.07, 6.45) is 8.62. The maximum absolute atomic E-state index is 13.7. The molecule has 9 N–H and O–H groups in total. The number of fused-ring (bicyclic) bond motifs is 2. The van der Waals surface area contributed by atoms with Crippen LogP contribution in [0, 0.1) is 6.92 Å². The molecular weight excluding hydrogens is 1100 g/mol. The second kappa shape index (κ2) is 28.8. The number of hydrogen-bond donors (Lipinski definition) is 6. The number of nitrogens with two attached hydrogens (primary N) is 3. The summed E-state index contributed by atoms with van der Waals surface area (Å²) in [4.78, 5) is 70.8. The summed E-state index contributed by atoms with van der Waals surface area (Å²) >= 11 is 0. The van der Waals surface area contributed by atoms with Crippen LogP contribution in [0.25, 0.3) is 22.3 Å². The molecule has 3 fully saturated rings. The molecule has 3 saturated heterocycles. The third-order valence-electron chi connectivity index (χ3n) is 13.0. The standard InChI is InChI=1S/C24H49N2O9P3.C6H7N5O.C6H7N5.C6H8N2O2.C5H7N3O/c1-18-10-23(37(6,28)32-17-22-14-25-8-9-30-22)12-20(34-18)15-31-36(5,27)24-11-19(2)35-21(13-24)16-33-38(7,29)26(3)4;1-11-2-8-3-4(11)9-6(7)10-5(3)12;1-11-3-10-4-5(7)8-2-9-6(4)11;1-4-3-8(2)6(10)7-5(4)9;1-8-3-2-4(6)7-5(8)9/h18-25H,8-17H2,1-7H3;2H,1H3,(H3,7,9,10,12);2-3H,1H3,(H2,7,8,9);3H,1-2H3,(H,7,9,10);2-3H,1H3,(H2,6,7,9)/t18-,19-,20-,21-,22-,23?,24?,36?,37?,38?;;;;/m0..../s1/i9T;;;;/t9-,18-,19-,20-,21-,22-,23?,24?,36?,37?,38?;;;;. The number of rotatable bonds is 12. The average molecular weight is 1180 g/mol. The third-order valence-corrected chi connectivity index (χ3v) is 19.9. The molecule has 0 saturated carbocycles. The molecule has 0 bridgehead atoms. The minimum Gasteiger partial charge on any atom is -0.383 e. The number of aryl methyl sites for hydroxylation is 5. The number of nitrogens with one attached hydrogen (secondary N) is 3. The number of aromatic nitrogens is 12. The summed E-state index contributed by atoms with van der Waals surface area (Å²) in [7, 11) is 1.30. The summed E-state index contributed by atoms with van der Waals surface area (Å²) in [5.41, 5.74) is 17.1. The Balaban J connectivity index is 0.000000227. The van der Waals surface area contributed by atoms with Gasteiger partial charge < -0.3 is 68.6 Å². The van der Waals surface area contributed by atoms with Crippen molar-refractivity contribution < 1.29 is 42.8 Å². The van der Waals surface area contributed by atoms with Crippen LogP contribution < -0.4 is 45.0 Å². The Morgan fingerprint density at radius 2 is 1.29 bits per heavy atom. The molecular formula is C47H78N17O13P3. The van der Waals surface area contributed by atoms with E-state index in [0.29, 0.717) is 66.8 Å². The van der Waals surface area contributed by atoms with Crippen molar-refractivity contribution in [2.24, 2.45) is 28.2 Å². The molecule has 0 aromatic carbocycles. The topological polar surface area (TPSA) is 397 Å². The average Bonchev–Trinajstić information content (AvgIpc) is 3.99. The van der Waals surface area contributed by atoms with Crippen LogP contribution in [-0.2, 0) is 69.7 Å². The number of ether oxygens (including phenoxy) is 3. The first-order valence-electron chi connectivity index (χ1n) is 26.0. The minimum absolute atomic E-state index is 0.108. The van der Waals surface area contributed by atoms with E-state index in [1.807, 2.05) is 20.9 Å². The van der Waals surface area contributed by atoms with Gasteiger partial charge in [0.15, 0.2) is 22.6 Å². The lowest BCUT2D eigenvalue weighted by molar-refractivity contribution is -0.0649. The van der Waals surface area contributed by atoms with E-state index >= 15 is 0 Å². The Hall–Kier alpha value is -5.77. The number of H-pyrrole nitrogens is 2. The molecule has 0 aliphatic carbocycles. The molecule has 3 aliphatic rings. The molecule has 0 spiro atoms. The van der Waals surface area contributed by atoms with E-state index in [2.05, 4.69) is 45.2 Å². The SMILES string of the molecule is Cc1cn(C)c(=O)[nH]c1=O.Cn1ccc(N)nc1=O.Cn1cnc2c(=O)[nH]c(N)nc21.Cn1cnc2c(N)ncnc21.[3H][C@H]1CNC[C@@H](COP(C)(=O)C2C[C@@H](COP(C)(=O)C3C[C@@H](COP(C)(=O)N(C)C)O[C@@H](C)C3)O[C@@H](C)C2)O1. The van der Waals surface area contributed by atoms with Crippen LogP contribution in [0.15, 0.2) is 56.6 Å². The van der Waals surface area contributed by atoms with Gasteiger partial charge in [0.1, 0.15) is 17.7 Å². The quantitative estimate of drug-likeness (QED) is 0.0955. The Kier molecular flexibility index (Phi) is 22.8. The minimum atomic E-state index is -3.05. The molecule has 30 nitrogen and oxygen atoms in total. The van der Waals surface area contributed by atoms with Gasteiger partial charge in [-0.3, -0.25) is 33.3 Å². The summed E-state index contributed by atoms with van der Waals surface area (Å²) < 4.78 is 90.5. The normalized spacial score (nSPS) is 24.4. The highest BCUT2D eigenvalue weighted by molar-refractivity contribution is 7.59. The van der Waals surface area contributed by atoms with Gasteiger partial charge in [0.25, 0.3) is 18.6 Å². The fourth-order valence-corrected chi connectivity index (χ4v) is 12.9. The van der Waals surface area contributed by atoms with Gasteiger partial charge in [0.05, 0.1) is 70.9 Å². The number of morpholine rings is 1. The largest absolute Gasteiger partial charge is 0.383 e. The Bertz CT molecular complexity index is 3410. The van der Waals surface area contributed by atoms with Gasteiger partial charge in [-0.2, -0.15) is 9.97 Å². The van der Waals surface area contributed by atoms with Crippen molar-refractivity contribution in [3.05, 3.63) is 84.7 Å².